The highest BCUT2D eigenvalue weighted by Crippen LogP contribution is 2.41. The number of nitrogen functional groups attached to an aromatic ring is 1. The third kappa shape index (κ3) is 5.32. The Hall–Kier alpha value is -4.39. The molecule has 0 spiro atoms. The molecule has 0 atom stereocenters. The van der Waals surface area contributed by atoms with Crippen LogP contribution in [0.25, 0.3) is 11.6 Å². The molecule has 3 aromatic carbocycles. The third-order valence-electron chi connectivity index (χ3n) is 5.22. The van der Waals surface area contributed by atoms with E-state index in [2.05, 4.69) is 11.9 Å². The molecule has 176 valence electrons. The van der Waals surface area contributed by atoms with Gasteiger partial charge in [-0.25, -0.2) is 0 Å². The molecule has 0 bridgehead atoms. The van der Waals surface area contributed by atoms with E-state index in [1.165, 1.54) is 6.08 Å². The molecule has 3 N–H and O–H groups in total. The molecule has 0 saturated heterocycles. The van der Waals surface area contributed by atoms with Gasteiger partial charge in [-0.3, -0.25) is 4.79 Å². The molecule has 3 aromatic rings. The molecule has 1 amide bonds. The van der Waals surface area contributed by atoms with Crippen LogP contribution >= 0.6 is 0 Å². The summed E-state index contributed by atoms with van der Waals surface area (Å²) in [5.41, 5.74) is 10.0. The van der Waals surface area contributed by atoms with Crippen molar-refractivity contribution in [3.8, 4) is 23.0 Å². The highest BCUT2D eigenvalue weighted by Gasteiger charge is 2.16. The number of para-hydroxylation sites is 2. The fraction of sp³-hybridized carbons (Fsp3) is 0.148. The average molecular weight is 461 g/mol. The molecule has 3 rings (SSSR count). The van der Waals surface area contributed by atoms with Gasteiger partial charge in [0.1, 0.15) is 5.75 Å². The van der Waals surface area contributed by atoms with E-state index in [-0.39, 0.29) is 5.91 Å². The lowest BCUT2D eigenvalue weighted by molar-refractivity contribution is -0.111. The Bertz CT molecular complexity index is 1210. The maximum atomic E-state index is 12.4. The number of nitrogens with one attached hydrogen (secondary N) is 1. The van der Waals surface area contributed by atoms with Crippen LogP contribution in [0.5, 0.6) is 23.0 Å². The molecule has 0 saturated carbocycles. The molecule has 0 aromatic heterocycles. The maximum Gasteiger partial charge on any atom is 0.248 e. The summed E-state index contributed by atoms with van der Waals surface area (Å²) in [4.78, 5) is 12.4. The molecule has 0 unspecified atom stereocenters. The van der Waals surface area contributed by atoms with Gasteiger partial charge in [0, 0.05) is 11.6 Å². The highest BCUT2D eigenvalue weighted by molar-refractivity contribution is 6.03. The Balaban J connectivity index is 1.90. The number of carbonyl (C=O) groups is 1. The third-order valence-corrected chi connectivity index (χ3v) is 5.22. The quantitative estimate of drug-likeness (QED) is 0.344. The van der Waals surface area contributed by atoms with Crippen molar-refractivity contribution < 1.29 is 23.7 Å². The average Bonchev–Trinajstić information content (AvgIpc) is 2.87. The van der Waals surface area contributed by atoms with Gasteiger partial charge in [0.2, 0.25) is 11.7 Å². The topological polar surface area (TPSA) is 92.0 Å². The molecular formula is C27H28N2O5. The van der Waals surface area contributed by atoms with Crippen LogP contribution in [0.3, 0.4) is 0 Å². The Morgan fingerprint density at radius 2 is 1.50 bits per heavy atom. The van der Waals surface area contributed by atoms with E-state index in [1.807, 2.05) is 30.3 Å². The number of benzene rings is 3. The fourth-order valence-electron chi connectivity index (χ4n) is 3.43. The van der Waals surface area contributed by atoms with Gasteiger partial charge in [0.15, 0.2) is 11.5 Å². The largest absolute Gasteiger partial charge is 0.496 e. The summed E-state index contributed by atoms with van der Waals surface area (Å²) < 4.78 is 21.8. The van der Waals surface area contributed by atoms with E-state index in [1.54, 1.807) is 58.8 Å². The summed E-state index contributed by atoms with van der Waals surface area (Å²) in [5, 5.41) is 2.77. The minimum Gasteiger partial charge on any atom is -0.496 e. The Morgan fingerprint density at radius 3 is 2.09 bits per heavy atom. The van der Waals surface area contributed by atoms with Crippen LogP contribution in [0.4, 0.5) is 11.4 Å². The Morgan fingerprint density at radius 1 is 0.853 bits per heavy atom. The summed E-state index contributed by atoms with van der Waals surface area (Å²) in [5.74, 6) is 1.87. The van der Waals surface area contributed by atoms with Crippen LogP contribution in [0, 0.1) is 0 Å². The van der Waals surface area contributed by atoms with Crippen LogP contribution in [0.1, 0.15) is 16.7 Å². The van der Waals surface area contributed by atoms with Crippen molar-refractivity contribution in [1.82, 2.24) is 0 Å². The molecule has 34 heavy (non-hydrogen) atoms. The first-order chi connectivity index (χ1) is 16.4. The van der Waals surface area contributed by atoms with Crippen LogP contribution in [0.15, 0.2) is 67.3 Å². The van der Waals surface area contributed by atoms with Crippen LogP contribution in [0.2, 0.25) is 0 Å². The van der Waals surface area contributed by atoms with Gasteiger partial charge in [-0.15, -0.1) is 0 Å². The standard InChI is InChI=1S/C27H28N2O5/c1-17(20-15-24(32-3)27(34-5)25(16-20)33-4)18-10-12-23(31-2)19(14-18)11-13-26(30)29-22-9-7-6-8-21(22)28/h6-16H,1,28H2,2-5H3,(H,29,30)/b13-11+. The molecule has 0 aliphatic carbocycles. The second-order valence-corrected chi connectivity index (χ2v) is 7.26. The van der Waals surface area contributed by atoms with Crippen molar-refractivity contribution in [2.75, 3.05) is 39.5 Å². The number of ether oxygens (including phenoxy) is 4. The predicted octanol–water partition coefficient (Wildman–Crippen LogP) is 5.02. The molecule has 7 heteroatoms. The molecule has 0 aliphatic heterocycles. The zero-order valence-electron chi connectivity index (χ0n) is 19.7. The summed E-state index contributed by atoms with van der Waals surface area (Å²) in [6.45, 7) is 4.25. The van der Waals surface area contributed by atoms with Crippen LogP contribution < -0.4 is 30.0 Å². The maximum absolute atomic E-state index is 12.4. The second-order valence-electron chi connectivity index (χ2n) is 7.26. The summed E-state index contributed by atoms with van der Waals surface area (Å²) >= 11 is 0. The first-order valence-corrected chi connectivity index (χ1v) is 10.4. The van der Waals surface area contributed by atoms with Gasteiger partial charge in [0.05, 0.1) is 39.8 Å². The molecule has 0 aliphatic rings. The highest BCUT2D eigenvalue weighted by atomic mass is 16.5. The van der Waals surface area contributed by atoms with Crippen molar-refractivity contribution in [2.45, 2.75) is 0 Å². The van der Waals surface area contributed by atoms with Gasteiger partial charge < -0.3 is 30.0 Å². The van der Waals surface area contributed by atoms with Crippen molar-refractivity contribution in [2.24, 2.45) is 0 Å². The van der Waals surface area contributed by atoms with Crippen LogP contribution in [-0.4, -0.2) is 34.3 Å². The number of anilines is 2. The molecular weight excluding hydrogens is 432 g/mol. The Labute approximate surface area is 199 Å². The van der Waals surface area contributed by atoms with Crippen molar-refractivity contribution in [3.05, 3.63) is 83.9 Å². The second kappa shape index (κ2) is 11.0. The molecule has 0 radical (unpaired) electrons. The van der Waals surface area contributed by atoms with E-state index in [0.717, 1.165) is 16.7 Å². The molecule has 7 nitrogen and oxygen atoms in total. The minimum atomic E-state index is -0.311. The lowest BCUT2D eigenvalue weighted by atomic mass is 9.96. The van der Waals surface area contributed by atoms with Crippen molar-refractivity contribution in [1.29, 1.82) is 0 Å². The number of hydrogen-bond acceptors (Lipinski definition) is 6. The van der Waals surface area contributed by atoms with E-state index in [9.17, 15) is 4.79 Å². The van der Waals surface area contributed by atoms with Gasteiger partial charge in [-0.1, -0.05) is 24.8 Å². The first-order valence-electron chi connectivity index (χ1n) is 10.4. The minimum absolute atomic E-state index is 0.311. The number of nitrogens with two attached hydrogens (primary N) is 1. The normalized spacial score (nSPS) is 10.6. The van der Waals surface area contributed by atoms with E-state index < -0.39 is 0 Å². The lowest BCUT2D eigenvalue weighted by Crippen LogP contribution is -2.09. The van der Waals surface area contributed by atoms with Crippen molar-refractivity contribution >= 4 is 28.9 Å². The van der Waals surface area contributed by atoms with E-state index in [0.29, 0.717) is 39.9 Å². The molecule has 0 heterocycles. The zero-order chi connectivity index (χ0) is 24.7. The summed E-state index contributed by atoms with van der Waals surface area (Å²) in [6, 6.07) is 16.4. The molecule has 0 fully saturated rings. The first kappa shape index (κ1) is 24.3. The lowest BCUT2D eigenvalue weighted by Gasteiger charge is -2.16. The number of carbonyl (C=O) groups excluding carboxylic acids is 1. The number of methoxy groups -OCH3 is 4. The van der Waals surface area contributed by atoms with Gasteiger partial charge in [-0.2, -0.15) is 0 Å². The van der Waals surface area contributed by atoms with Crippen LogP contribution in [-0.2, 0) is 4.79 Å². The fourth-order valence-corrected chi connectivity index (χ4v) is 3.43. The number of hydrogen-bond donors (Lipinski definition) is 2. The smallest absolute Gasteiger partial charge is 0.248 e. The predicted molar refractivity (Wildman–Crippen MR) is 136 cm³/mol. The Kier molecular flexibility index (Phi) is 7.82. The van der Waals surface area contributed by atoms with E-state index >= 15 is 0 Å². The zero-order valence-corrected chi connectivity index (χ0v) is 19.7. The monoisotopic (exact) mass is 460 g/mol. The van der Waals surface area contributed by atoms with Crippen molar-refractivity contribution in [3.63, 3.8) is 0 Å². The summed E-state index contributed by atoms with van der Waals surface area (Å²) in [6.07, 6.45) is 3.11. The number of amides is 1. The SMILES string of the molecule is C=C(c1ccc(OC)c(/C=C/C(=O)Nc2ccccc2N)c1)c1cc(OC)c(OC)c(OC)c1. The summed E-state index contributed by atoms with van der Waals surface area (Å²) in [7, 11) is 6.26. The van der Waals surface area contributed by atoms with Gasteiger partial charge in [-0.05, 0) is 59.2 Å². The van der Waals surface area contributed by atoms with Gasteiger partial charge >= 0.3 is 0 Å². The van der Waals surface area contributed by atoms with E-state index in [4.69, 9.17) is 24.7 Å². The van der Waals surface area contributed by atoms with Gasteiger partial charge in [0.25, 0.3) is 0 Å². The number of rotatable bonds is 9.